The molecule has 2 N–H and O–H groups in total. The monoisotopic (exact) mass is 325 g/mol. The molecule has 0 unspecified atom stereocenters. The number of halogens is 2. The van der Waals surface area contributed by atoms with Crippen LogP contribution in [0.2, 0.25) is 10.0 Å². The molecule has 3 aromatic rings. The van der Waals surface area contributed by atoms with Gasteiger partial charge in [-0.1, -0.05) is 34.4 Å². The van der Waals surface area contributed by atoms with Gasteiger partial charge in [0, 0.05) is 16.9 Å². The second-order valence-corrected chi connectivity index (χ2v) is 5.97. The fourth-order valence-corrected chi connectivity index (χ4v) is 2.91. The van der Waals surface area contributed by atoms with Crippen molar-refractivity contribution in [1.29, 1.82) is 0 Å². The van der Waals surface area contributed by atoms with Crippen LogP contribution in [0.25, 0.3) is 11.5 Å². The third-order valence-corrected chi connectivity index (χ3v) is 4.21. The Morgan fingerprint density at radius 3 is 2.65 bits per heavy atom. The highest BCUT2D eigenvalue weighted by Crippen LogP contribution is 2.33. The predicted octanol–water partition coefficient (Wildman–Crippen LogP) is 4.28. The molecule has 0 amide bonds. The average molecular weight is 326 g/mol. The molecule has 4 nitrogen and oxygen atoms in total. The number of rotatable bonds is 3. The van der Waals surface area contributed by atoms with Crippen LogP contribution in [0.4, 0.5) is 5.69 Å². The summed E-state index contributed by atoms with van der Waals surface area (Å²) in [5, 5.41) is 6.69. The van der Waals surface area contributed by atoms with Gasteiger partial charge in [-0.25, -0.2) is 0 Å². The zero-order valence-corrected chi connectivity index (χ0v) is 12.5. The zero-order valence-electron chi connectivity index (χ0n) is 10.1. The van der Waals surface area contributed by atoms with Gasteiger partial charge in [0.25, 0.3) is 5.89 Å². The maximum Gasteiger partial charge on any atom is 0.258 e. The lowest BCUT2D eigenvalue weighted by Crippen LogP contribution is -1.90. The Balaban J connectivity index is 1.90. The van der Waals surface area contributed by atoms with E-state index in [2.05, 4.69) is 10.1 Å². The molecule has 2 aromatic heterocycles. The number of nitrogen functional groups attached to an aromatic ring is 1. The second kappa shape index (κ2) is 5.44. The van der Waals surface area contributed by atoms with E-state index in [1.807, 2.05) is 17.5 Å². The van der Waals surface area contributed by atoms with Gasteiger partial charge in [-0.3, -0.25) is 0 Å². The Kier molecular flexibility index (Phi) is 3.65. The summed E-state index contributed by atoms with van der Waals surface area (Å²) in [6, 6.07) is 7.33. The van der Waals surface area contributed by atoms with Crippen LogP contribution in [0, 0.1) is 0 Å². The molecule has 3 rings (SSSR count). The van der Waals surface area contributed by atoms with E-state index in [0.29, 0.717) is 39.4 Å². The van der Waals surface area contributed by atoms with E-state index in [4.69, 9.17) is 33.5 Å². The van der Waals surface area contributed by atoms with E-state index in [9.17, 15) is 0 Å². The molecule has 0 saturated carbocycles. The van der Waals surface area contributed by atoms with Gasteiger partial charge in [0.15, 0.2) is 5.82 Å². The van der Waals surface area contributed by atoms with Crippen molar-refractivity contribution in [1.82, 2.24) is 10.1 Å². The van der Waals surface area contributed by atoms with Gasteiger partial charge in [0.1, 0.15) is 0 Å². The lowest BCUT2D eigenvalue weighted by Gasteiger charge is -2.02. The van der Waals surface area contributed by atoms with Crippen LogP contribution in [-0.4, -0.2) is 10.1 Å². The van der Waals surface area contributed by atoms with E-state index in [-0.39, 0.29) is 0 Å². The van der Waals surface area contributed by atoms with Crippen LogP contribution >= 0.6 is 34.5 Å². The molecular formula is C13H9Cl2N3OS. The minimum Gasteiger partial charge on any atom is -0.396 e. The van der Waals surface area contributed by atoms with E-state index >= 15 is 0 Å². The van der Waals surface area contributed by atoms with Crippen LogP contribution < -0.4 is 5.73 Å². The number of anilines is 1. The molecule has 0 atom stereocenters. The van der Waals surface area contributed by atoms with Crippen molar-refractivity contribution in [2.45, 2.75) is 6.42 Å². The van der Waals surface area contributed by atoms with E-state index in [1.165, 1.54) is 4.88 Å². The summed E-state index contributed by atoms with van der Waals surface area (Å²) in [4.78, 5) is 5.51. The lowest BCUT2D eigenvalue weighted by molar-refractivity contribution is 0.424. The van der Waals surface area contributed by atoms with Crippen molar-refractivity contribution in [2.24, 2.45) is 0 Å². The van der Waals surface area contributed by atoms with Gasteiger partial charge in [0.05, 0.1) is 15.7 Å². The molecule has 0 fully saturated rings. The van der Waals surface area contributed by atoms with Gasteiger partial charge in [-0.05, 0) is 23.6 Å². The fraction of sp³-hybridized carbons (Fsp3) is 0.0769. The molecule has 0 aliphatic heterocycles. The van der Waals surface area contributed by atoms with Gasteiger partial charge < -0.3 is 10.3 Å². The molecule has 7 heteroatoms. The normalized spacial score (nSPS) is 10.9. The maximum atomic E-state index is 5.99. The number of nitrogens with two attached hydrogens (primary N) is 1. The minimum absolute atomic E-state index is 0.343. The molecular weight excluding hydrogens is 317 g/mol. The Morgan fingerprint density at radius 2 is 2.00 bits per heavy atom. The largest absolute Gasteiger partial charge is 0.396 e. The molecule has 0 radical (unpaired) electrons. The van der Waals surface area contributed by atoms with Crippen LogP contribution in [0.1, 0.15) is 10.7 Å². The zero-order chi connectivity index (χ0) is 14.1. The summed E-state index contributed by atoms with van der Waals surface area (Å²) in [6.45, 7) is 0. The molecule has 2 heterocycles. The molecule has 102 valence electrons. The summed E-state index contributed by atoms with van der Waals surface area (Å²) in [5.74, 6) is 0.992. The quantitative estimate of drug-likeness (QED) is 0.730. The van der Waals surface area contributed by atoms with E-state index in [0.717, 1.165) is 0 Å². The third kappa shape index (κ3) is 2.65. The molecule has 20 heavy (non-hydrogen) atoms. The molecule has 0 bridgehead atoms. The summed E-state index contributed by atoms with van der Waals surface area (Å²) in [7, 11) is 0. The van der Waals surface area contributed by atoms with Crippen LogP contribution in [-0.2, 0) is 6.42 Å². The van der Waals surface area contributed by atoms with Crippen LogP contribution in [0.15, 0.2) is 34.2 Å². The molecule has 0 saturated heterocycles. The predicted molar refractivity (Wildman–Crippen MR) is 81.3 cm³/mol. The van der Waals surface area contributed by atoms with Crippen molar-refractivity contribution >= 4 is 40.2 Å². The molecule has 0 aliphatic carbocycles. The topological polar surface area (TPSA) is 64.9 Å². The number of benzene rings is 1. The highest BCUT2D eigenvalue weighted by Gasteiger charge is 2.13. The fourth-order valence-electron chi connectivity index (χ4n) is 1.72. The van der Waals surface area contributed by atoms with E-state index < -0.39 is 0 Å². The minimum atomic E-state index is 0.343. The highest BCUT2D eigenvalue weighted by atomic mass is 35.5. The van der Waals surface area contributed by atoms with Crippen molar-refractivity contribution in [3.63, 3.8) is 0 Å². The average Bonchev–Trinajstić information content (AvgIpc) is 3.07. The van der Waals surface area contributed by atoms with Crippen molar-refractivity contribution in [3.05, 3.63) is 50.4 Å². The van der Waals surface area contributed by atoms with Crippen molar-refractivity contribution in [2.75, 3.05) is 5.73 Å². The summed E-state index contributed by atoms with van der Waals surface area (Å²) < 4.78 is 5.23. The van der Waals surface area contributed by atoms with Crippen molar-refractivity contribution in [3.8, 4) is 11.5 Å². The number of nitrogens with zero attached hydrogens (tertiary/aromatic N) is 2. The number of aromatic nitrogens is 2. The lowest BCUT2D eigenvalue weighted by atomic mass is 10.2. The van der Waals surface area contributed by atoms with Crippen molar-refractivity contribution < 1.29 is 4.52 Å². The van der Waals surface area contributed by atoms with Gasteiger partial charge in [-0.2, -0.15) is 4.98 Å². The number of thiophene rings is 1. The van der Waals surface area contributed by atoms with Gasteiger partial charge in [-0.15, -0.1) is 11.3 Å². The molecule has 0 spiro atoms. The van der Waals surface area contributed by atoms with Gasteiger partial charge in [0.2, 0.25) is 0 Å². The van der Waals surface area contributed by atoms with Crippen LogP contribution in [0.5, 0.6) is 0 Å². The standard InChI is InChI=1S/C13H9Cl2N3OS/c14-9-4-7(5-10(15)12(9)16)13-17-11(18-19-13)6-8-2-1-3-20-8/h1-5H,6,16H2. The van der Waals surface area contributed by atoms with Crippen LogP contribution in [0.3, 0.4) is 0 Å². The first-order valence-corrected chi connectivity index (χ1v) is 7.37. The summed E-state index contributed by atoms with van der Waals surface area (Å²) >= 11 is 13.6. The first kappa shape index (κ1) is 13.4. The summed E-state index contributed by atoms with van der Waals surface area (Å²) in [6.07, 6.45) is 0.637. The number of hydrogen-bond acceptors (Lipinski definition) is 5. The maximum absolute atomic E-state index is 5.99. The molecule has 0 aliphatic rings. The Morgan fingerprint density at radius 1 is 1.25 bits per heavy atom. The third-order valence-electron chi connectivity index (χ3n) is 2.71. The SMILES string of the molecule is Nc1c(Cl)cc(-c2nc(Cc3cccs3)no2)cc1Cl. The smallest absolute Gasteiger partial charge is 0.258 e. The first-order valence-electron chi connectivity index (χ1n) is 5.73. The Hall–Kier alpha value is -1.56. The summed E-state index contributed by atoms with van der Waals surface area (Å²) in [5.41, 5.74) is 6.69. The van der Waals surface area contributed by atoms with Gasteiger partial charge >= 0.3 is 0 Å². The first-order chi connectivity index (χ1) is 9.63. The highest BCUT2D eigenvalue weighted by molar-refractivity contribution is 7.09. The Labute approximate surface area is 129 Å². The second-order valence-electron chi connectivity index (χ2n) is 4.13. The Bertz CT molecular complexity index is 717. The molecule has 1 aromatic carbocycles. The number of hydrogen-bond donors (Lipinski definition) is 1. The van der Waals surface area contributed by atoms with E-state index in [1.54, 1.807) is 23.5 Å².